The lowest BCUT2D eigenvalue weighted by Crippen LogP contribution is -2.28. The third-order valence-corrected chi connectivity index (χ3v) is 4.89. The molecule has 0 aromatic heterocycles. The lowest BCUT2D eigenvalue weighted by atomic mass is 10.0. The van der Waals surface area contributed by atoms with Gasteiger partial charge in [-0.2, -0.15) is 0 Å². The summed E-state index contributed by atoms with van der Waals surface area (Å²) in [5, 5.41) is 3.08. The summed E-state index contributed by atoms with van der Waals surface area (Å²) in [5.74, 6) is 0.516. The normalized spacial score (nSPS) is 12.0. The van der Waals surface area contributed by atoms with E-state index in [1.807, 2.05) is 19.1 Å². The predicted octanol–water partition coefficient (Wildman–Crippen LogP) is 4.58. The molecule has 0 saturated heterocycles. The Morgan fingerprint density at radius 1 is 1.09 bits per heavy atom. The molecule has 22 heavy (non-hydrogen) atoms. The molecule has 0 aliphatic heterocycles. The van der Waals surface area contributed by atoms with Crippen LogP contribution in [0.25, 0.3) is 0 Å². The Hall–Kier alpha value is -1.74. The van der Waals surface area contributed by atoms with E-state index in [4.69, 9.17) is 0 Å². The standard InChI is InChI=1S/C19H23NOS/c1-13-9-10-15(3)18(11-13)22-12-19(21)20-16(4)17-8-6-5-7-14(17)2/h5-11,16H,12H2,1-4H3,(H,20,21). The fraction of sp³-hybridized carbons (Fsp3) is 0.316. The quantitative estimate of drug-likeness (QED) is 0.819. The van der Waals surface area contributed by atoms with Gasteiger partial charge in [0.2, 0.25) is 5.91 Å². The van der Waals surface area contributed by atoms with E-state index in [1.54, 1.807) is 11.8 Å². The lowest BCUT2D eigenvalue weighted by molar-refractivity contribution is -0.119. The Morgan fingerprint density at radius 2 is 1.82 bits per heavy atom. The van der Waals surface area contributed by atoms with Crippen LogP contribution in [0, 0.1) is 20.8 Å². The first-order valence-electron chi connectivity index (χ1n) is 7.52. The summed E-state index contributed by atoms with van der Waals surface area (Å²) in [7, 11) is 0. The Bertz CT molecular complexity index is 666. The van der Waals surface area contributed by atoms with Gasteiger partial charge in [0, 0.05) is 4.90 Å². The molecule has 1 unspecified atom stereocenters. The number of amides is 1. The van der Waals surface area contributed by atoms with Crippen molar-refractivity contribution in [1.82, 2.24) is 5.32 Å². The van der Waals surface area contributed by atoms with Crippen molar-refractivity contribution < 1.29 is 4.79 Å². The summed E-state index contributed by atoms with van der Waals surface area (Å²) in [6, 6.07) is 14.5. The SMILES string of the molecule is Cc1ccc(C)c(SCC(=O)NC(C)c2ccccc2C)c1. The van der Waals surface area contributed by atoms with Crippen LogP contribution in [0.15, 0.2) is 47.4 Å². The fourth-order valence-corrected chi connectivity index (χ4v) is 3.37. The summed E-state index contributed by atoms with van der Waals surface area (Å²) in [4.78, 5) is 13.4. The Balaban J connectivity index is 1.93. The van der Waals surface area contributed by atoms with Crippen molar-refractivity contribution in [3.8, 4) is 0 Å². The first-order valence-corrected chi connectivity index (χ1v) is 8.51. The fourth-order valence-electron chi connectivity index (χ4n) is 2.44. The molecule has 116 valence electrons. The van der Waals surface area contributed by atoms with Crippen molar-refractivity contribution in [1.29, 1.82) is 0 Å². The Kier molecular flexibility index (Phi) is 5.67. The van der Waals surface area contributed by atoms with Gasteiger partial charge in [0.1, 0.15) is 0 Å². The number of nitrogens with one attached hydrogen (secondary N) is 1. The maximum atomic E-state index is 12.2. The number of carbonyl (C=O) groups excluding carboxylic acids is 1. The van der Waals surface area contributed by atoms with Gasteiger partial charge in [-0.05, 0) is 50.5 Å². The first-order chi connectivity index (χ1) is 10.5. The molecule has 2 rings (SSSR count). The second-order valence-corrected chi connectivity index (χ2v) is 6.72. The summed E-state index contributed by atoms with van der Waals surface area (Å²) in [6.45, 7) is 8.26. The van der Waals surface area contributed by atoms with Gasteiger partial charge in [0.25, 0.3) is 0 Å². The minimum Gasteiger partial charge on any atom is -0.349 e. The van der Waals surface area contributed by atoms with Crippen LogP contribution in [0.2, 0.25) is 0 Å². The summed E-state index contributed by atoms with van der Waals surface area (Å²) in [6.07, 6.45) is 0. The minimum atomic E-state index is 0.0351. The van der Waals surface area contributed by atoms with E-state index in [0.29, 0.717) is 5.75 Å². The molecule has 3 heteroatoms. The molecule has 0 spiro atoms. The highest BCUT2D eigenvalue weighted by Gasteiger charge is 2.12. The molecule has 0 radical (unpaired) electrons. The molecule has 0 heterocycles. The molecule has 0 aliphatic carbocycles. The van der Waals surface area contributed by atoms with Crippen molar-refractivity contribution in [3.05, 3.63) is 64.7 Å². The van der Waals surface area contributed by atoms with E-state index < -0.39 is 0 Å². The van der Waals surface area contributed by atoms with Gasteiger partial charge < -0.3 is 5.32 Å². The number of hydrogen-bond donors (Lipinski definition) is 1. The maximum absolute atomic E-state index is 12.2. The van der Waals surface area contributed by atoms with E-state index in [1.165, 1.54) is 27.1 Å². The van der Waals surface area contributed by atoms with Crippen LogP contribution in [-0.4, -0.2) is 11.7 Å². The zero-order chi connectivity index (χ0) is 16.1. The molecular weight excluding hydrogens is 290 g/mol. The smallest absolute Gasteiger partial charge is 0.230 e. The number of carbonyl (C=O) groups is 1. The lowest BCUT2D eigenvalue weighted by Gasteiger charge is -2.16. The Morgan fingerprint density at radius 3 is 2.55 bits per heavy atom. The largest absolute Gasteiger partial charge is 0.349 e. The first kappa shape index (κ1) is 16.6. The highest BCUT2D eigenvalue weighted by atomic mass is 32.2. The average molecular weight is 313 g/mol. The molecular formula is C19H23NOS. The van der Waals surface area contributed by atoms with E-state index in [2.05, 4.69) is 56.4 Å². The van der Waals surface area contributed by atoms with Gasteiger partial charge in [0.05, 0.1) is 11.8 Å². The highest BCUT2D eigenvalue weighted by Crippen LogP contribution is 2.24. The van der Waals surface area contributed by atoms with Crippen LogP contribution >= 0.6 is 11.8 Å². The van der Waals surface area contributed by atoms with Gasteiger partial charge in [-0.15, -0.1) is 11.8 Å². The third-order valence-electron chi connectivity index (χ3n) is 3.73. The summed E-state index contributed by atoms with van der Waals surface area (Å²) < 4.78 is 0. The second-order valence-electron chi connectivity index (χ2n) is 5.70. The van der Waals surface area contributed by atoms with Crippen molar-refractivity contribution in [2.24, 2.45) is 0 Å². The molecule has 0 bridgehead atoms. The van der Waals surface area contributed by atoms with Gasteiger partial charge in [-0.25, -0.2) is 0 Å². The molecule has 0 aliphatic rings. The van der Waals surface area contributed by atoms with E-state index in [9.17, 15) is 4.79 Å². The monoisotopic (exact) mass is 313 g/mol. The Labute approximate surface area is 137 Å². The van der Waals surface area contributed by atoms with Gasteiger partial charge in [0.15, 0.2) is 0 Å². The number of hydrogen-bond acceptors (Lipinski definition) is 2. The van der Waals surface area contributed by atoms with Crippen LogP contribution in [0.3, 0.4) is 0 Å². The molecule has 2 nitrogen and oxygen atoms in total. The molecule has 1 amide bonds. The van der Waals surface area contributed by atoms with Crippen LogP contribution in [0.5, 0.6) is 0 Å². The average Bonchev–Trinajstić information content (AvgIpc) is 2.48. The molecule has 1 atom stereocenters. The van der Waals surface area contributed by atoms with Crippen molar-refractivity contribution in [2.75, 3.05) is 5.75 Å². The zero-order valence-corrected chi connectivity index (χ0v) is 14.5. The maximum Gasteiger partial charge on any atom is 0.230 e. The topological polar surface area (TPSA) is 29.1 Å². The van der Waals surface area contributed by atoms with Crippen molar-refractivity contribution in [2.45, 2.75) is 38.6 Å². The summed E-state index contributed by atoms with van der Waals surface area (Å²) >= 11 is 1.60. The van der Waals surface area contributed by atoms with Crippen molar-refractivity contribution in [3.63, 3.8) is 0 Å². The van der Waals surface area contributed by atoms with E-state index in [0.717, 1.165) is 0 Å². The van der Waals surface area contributed by atoms with Crippen molar-refractivity contribution >= 4 is 17.7 Å². The van der Waals surface area contributed by atoms with Crippen LogP contribution < -0.4 is 5.32 Å². The van der Waals surface area contributed by atoms with Gasteiger partial charge in [-0.3, -0.25) is 4.79 Å². The molecule has 0 saturated carbocycles. The number of aryl methyl sites for hydroxylation is 3. The second kappa shape index (κ2) is 7.50. The molecule has 1 N–H and O–H groups in total. The van der Waals surface area contributed by atoms with Gasteiger partial charge in [-0.1, -0.05) is 42.0 Å². The van der Waals surface area contributed by atoms with Crippen LogP contribution in [0.4, 0.5) is 0 Å². The number of benzene rings is 2. The molecule has 0 fully saturated rings. The molecule has 2 aromatic rings. The van der Waals surface area contributed by atoms with Gasteiger partial charge >= 0.3 is 0 Å². The highest BCUT2D eigenvalue weighted by molar-refractivity contribution is 8.00. The number of thioether (sulfide) groups is 1. The summed E-state index contributed by atoms with van der Waals surface area (Å²) in [5.41, 5.74) is 4.82. The molecule has 2 aromatic carbocycles. The van der Waals surface area contributed by atoms with Crippen LogP contribution in [-0.2, 0) is 4.79 Å². The predicted molar refractivity (Wildman–Crippen MR) is 94.4 cm³/mol. The zero-order valence-electron chi connectivity index (χ0n) is 13.6. The van der Waals surface area contributed by atoms with E-state index >= 15 is 0 Å². The minimum absolute atomic E-state index is 0.0351. The third kappa shape index (κ3) is 4.38. The number of rotatable bonds is 5. The van der Waals surface area contributed by atoms with E-state index in [-0.39, 0.29) is 11.9 Å². The van der Waals surface area contributed by atoms with Crippen LogP contribution in [0.1, 0.15) is 35.2 Å².